The third kappa shape index (κ3) is 3.55. The quantitative estimate of drug-likeness (QED) is 0.888. The van der Waals surface area contributed by atoms with E-state index in [0.29, 0.717) is 19.6 Å². The Morgan fingerprint density at radius 1 is 1.17 bits per heavy atom. The molecule has 3 rings (SSSR count). The second kappa shape index (κ2) is 7.13. The molecule has 0 aliphatic carbocycles. The van der Waals surface area contributed by atoms with E-state index >= 15 is 0 Å². The SMILES string of the molecule is COc1ccc(C[C@@](O)(c2ccccc2)[C@@H]2CNCCO2)cc1. The summed E-state index contributed by atoms with van der Waals surface area (Å²) in [4.78, 5) is 0. The molecule has 0 radical (unpaired) electrons. The van der Waals surface area contributed by atoms with Crippen molar-refractivity contribution in [2.75, 3.05) is 26.8 Å². The lowest BCUT2D eigenvalue weighted by Gasteiger charge is -2.39. The Morgan fingerprint density at radius 3 is 2.52 bits per heavy atom. The van der Waals surface area contributed by atoms with Crippen molar-refractivity contribution < 1.29 is 14.6 Å². The van der Waals surface area contributed by atoms with Crippen LogP contribution in [0.1, 0.15) is 11.1 Å². The molecule has 0 bridgehead atoms. The zero-order valence-electron chi connectivity index (χ0n) is 13.4. The first-order valence-corrected chi connectivity index (χ1v) is 7.95. The summed E-state index contributed by atoms with van der Waals surface area (Å²) in [5.74, 6) is 0.813. The predicted octanol–water partition coefficient (Wildman–Crippen LogP) is 2.11. The van der Waals surface area contributed by atoms with Crippen LogP contribution in [0.15, 0.2) is 54.6 Å². The summed E-state index contributed by atoms with van der Waals surface area (Å²) in [7, 11) is 1.65. The average Bonchev–Trinajstić information content (AvgIpc) is 2.64. The van der Waals surface area contributed by atoms with Crippen LogP contribution >= 0.6 is 0 Å². The summed E-state index contributed by atoms with van der Waals surface area (Å²) in [5, 5.41) is 14.8. The molecule has 23 heavy (non-hydrogen) atoms. The van der Waals surface area contributed by atoms with Crippen LogP contribution in [0.4, 0.5) is 0 Å². The molecule has 1 saturated heterocycles. The third-order valence-electron chi connectivity index (χ3n) is 4.37. The van der Waals surface area contributed by atoms with Crippen LogP contribution in [0, 0.1) is 0 Å². The van der Waals surface area contributed by atoms with E-state index in [0.717, 1.165) is 23.4 Å². The van der Waals surface area contributed by atoms with Gasteiger partial charge in [-0.3, -0.25) is 0 Å². The van der Waals surface area contributed by atoms with Crippen LogP contribution < -0.4 is 10.1 Å². The molecule has 4 nitrogen and oxygen atoms in total. The Kier molecular flexibility index (Phi) is 4.96. The fourth-order valence-electron chi connectivity index (χ4n) is 3.06. The number of morpholine rings is 1. The van der Waals surface area contributed by atoms with Crippen LogP contribution in [0.25, 0.3) is 0 Å². The van der Waals surface area contributed by atoms with E-state index in [-0.39, 0.29) is 6.10 Å². The van der Waals surface area contributed by atoms with Gasteiger partial charge in [-0.1, -0.05) is 42.5 Å². The number of rotatable bonds is 5. The van der Waals surface area contributed by atoms with Crippen LogP contribution in [0.3, 0.4) is 0 Å². The highest BCUT2D eigenvalue weighted by Gasteiger charge is 2.40. The molecular weight excluding hydrogens is 290 g/mol. The van der Waals surface area contributed by atoms with Crippen LogP contribution in [0.2, 0.25) is 0 Å². The molecule has 0 unspecified atom stereocenters. The highest BCUT2D eigenvalue weighted by molar-refractivity contribution is 5.32. The van der Waals surface area contributed by atoms with Crippen molar-refractivity contribution in [3.8, 4) is 5.75 Å². The number of benzene rings is 2. The van der Waals surface area contributed by atoms with Gasteiger partial charge in [-0.2, -0.15) is 0 Å². The fourth-order valence-corrected chi connectivity index (χ4v) is 3.06. The fraction of sp³-hybridized carbons (Fsp3) is 0.368. The second-order valence-electron chi connectivity index (χ2n) is 5.88. The first-order chi connectivity index (χ1) is 11.2. The summed E-state index contributed by atoms with van der Waals surface area (Å²) >= 11 is 0. The Labute approximate surface area is 137 Å². The number of methoxy groups -OCH3 is 1. The second-order valence-corrected chi connectivity index (χ2v) is 5.88. The van der Waals surface area contributed by atoms with Crippen molar-refractivity contribution in [1.29, 1.82) is 0 Å². The highest BCUT2D eigenvalue weighted by Crippen LogP contribution is 2.32. The molecule has 2 atom stereocenters. The summed E-state index contributed by atoms with van der Waals surface area (Å²) in [6.45, 7) is 2.08. The molecule has 2 aromatic rings. The zero-order valence-corrected chi connectivity index (χ0v) is 13.4. The highest BCUT2D eigenvalue weighted by atomic mass is 16.5. The summed E-state index contributed by atoms with van der Waals surface area (Å²) in [5.41, 5.74) is 0.861. The maximum absolute atomic E-state index is 11.5. The largest absolute Gasteiger partial charge is 0.497 e. The summed E-state index contributed by atoms with van der Waals surface area (Å²) in [6.07, 6.45) is 0.216. The van der Waals surface area contributed by atoms with Gasteiger partial charge in [-0.05, 0) is 23.3 Å². The molecule has 0 amide bonds. The molecular formula is C19H23NO3. The Balaban J connectivity index is 1.90. The molecule has 1 heterocycles. The van der Waals surface area contributed by atoms with E-state index in [9.17, 15) is 5.11 Å². The van der Waals surface area contributed by atoms with Gasteiger partial charge in [0.05, 0.1) is 13.7 Å². The molecule has 1 aliphatic heterocycles. The molecule has 1 fully saturated rings. The van der Waals surface area contributed by atoms with Gasteiger partial charge in [0.2, 0.25) is 0 Å². The standard InChI is InChI=1S/C19H23NO3/c1-22-17-9-7-15(8-10-17)13-19(21,16-5-3-2-4-6-16)18-14-20-11-12-23-18/h2-10,18,20-21H,11-14H2,1H3/t18-,19+/m0/s1. The van der Waals surface area contributed by atoms with Crippen molar-refractivity contribution in [3.63, 3.8) is 0 Å². The molecule has 122 valence electrons. The summed E-state index contributed by atoms with van der Waals surface area (Å²) < 4.78 is 11.1. The van der Waals surface area contributed by atoms with E-state index < -0.39 is 5.60 Å². The number of aliphatic hydroxyl groups is 1. The number of nitrogens with one attached hydrogen (secondary N) is 1. The number of ether oxygens (including phenoxy) is 2. The smallest absolute Gasteiger partial charge is 0.121 e. The summed E-state index contributed by atoms with van der Waals surface area (Å²) in [6, 6.07) is 17.6. The molecule has 2 N–H and O–H groups in total. The Bertz CT molecular complexity index is 608. The van der Waals surface area contributed by atoms with Gasteiger partial charge in [0.25, 0.3) is 0 Å². The first-order valence-electron chi connectivity index (χ1n) is 7.95. The minimum absolute atomic E-state index is 0.277. The topological polar surface area (TPSA) is 50.7 Å². The molecule has 0 spiro atoms. The molecule has 2 aromatic carbocycles. The van der Waals surface area contributed by atoms with Gasteiger partial charge >= 0.3 is 0 Å². The van der Waals surface area contributed by atoms with Crippen LogP contribution in [0.5, 0.6) is 5.75 Å². The first kappa shape index (κ1) is 16.0. The van der Waals surface area contributed by atoms with E-state index in [2.05, 4.69) is 5.32 Å². The maximum atomic E-state index is 11.5. The molecule has 0 saturated carbocycles. The van der Waals surface area contributed by atoms with Crippen LogP contribution in [-0.2, 0) is 16.8 Å². The Morgan fingerprint density at radius 2 is 1.91 bits per heavy atom. The molecule has 1 aliphatic rings. The van der Waals surface area contributed by atoms with E-state index in [4.69, 9.17) is 9.47 Å². The zero-order chi connectivity index (χ0) is 16.1. The average molecular weight is 313 g/mol. The van der Waals surface area contributed by atoms with Crippen LogP contribution in [-0.4, -0.2) is 38.0 Å². The van der Waals surface area contributed by atoms with Crippen molar-refractivity contribution in [3.05, 3.63) is 65.7 Å². The monoisotopic (exact) mass is 313 g/mol. The van der Waals surface area contributed by atoms with Crippen molar-refractivity contribution in [2.24, 2.45) is 0 Å². The maximum Gasteiger partial charge on any atom is 0.121 e. The van der Waals surface area contributed by atoms with Gasteiger partial charge in [-0.25, -0.2) is 0 Å². The third-order valence-corrected chi connectivity index (χ3v) is 4.37. The Hall–Kier alpha value is -1.88. The minimum Gasteiger partial charge on any atom is -0.497 e. The van der Waals surface area contributed by atoms with Gasteiger partial charge in [-0.15, -0.1) is 0 Å². The van der Waals surface area contributed by atoms with Crippen molar-refractivity contribution in [2.45, 2.75) is 18.1 Å². The lowest BCUT2D eigenvalue weighted by atomic mass is 9.82. The van der Waals surface area contributed by atoms with Crippen molar-refractivity contribution >= 4 is 0 Å². The lowest BCUT2D eigenvalue weighted by molar-refractivity contribution is -0.124. The minimum atomic E-state index is -1.07. The van der Waals surface area contributed by atoms with Gasteiger partial charge < -0.3 is 19.9 Å². The van der Waals surface area contributed by atoms with E-state index in [1.54, 1.807) is 7.11 Å². The predicted molar refractivity (Wildman–Crippen MR) is 89.6 cm³/mol. The van der Waals surface area contributed by atoms with E-state index in [1.807, 2.05) is 54.6 Å². The normalized spacial score (nSPS) is 20.7. The van der Waals surface area contributed by atoms with E-state index in [1.165, 1.54) is 0 Å². The number of hydrogen-bond donors (Lipinski definition) is 2. The van der Waals surface area contributed by atoms with Gasteiger partial charge in [0.1, 0.15) is 17.5 Å². The lowest BCUT2D eigenvalue weighted by Crippen LogP contribution is -2.52. The van der Waals surface area contributed by atoms with Gasteiger partial charge in [0.15, 0.2) is 0 Å². The van der Waals surface area contributed by atoms with Crippen molar-refractivity contribution in [1.82, 2.24) is 5.32 Å². The molecule has 4 heteroatoms. The van der Waals surface area contributed by atoms with Gasteiger partial charge in [0, 0.05) is 19.5 Å². The molecule has 0 aromatic heterocycles. The number of hydrogen-bond acceptors (Lipinski definition) is 4.